The lowest BCUT2D eigenvalue weighted by Gasteiger charge is -2.28. The molecule has 0 heterocycles. The molecule has 26 heteroatoms. The summed E-state index contributed by atoms with van der Waals surface area (Å²) in [6.07, 6.45) is -1.73. The zero-order chi connectivity index (χ0) is 52.1. The van der Waals surface area contributed by atoms with E-state index in [4.69, 9.17) is 28.7 Å². The molecule has 26 nitrogen and oxygen atoms in total. The second-order valence-electron chi connectivity index (χ2n) is 16.4. The summed E-state index contributed by atoms with van der Waals surface area (Å²) in [5.41, 5.74) is 27.6. The van der Waals surface area contributed by atoms with E-state index in [2.05, 4.69) is 42.2 Å². The predicted molar refractivity (Wildman–Crippen MR) is 246 cm³/mol. The fraction of sp³-hybridized carbons (Fsp3) is 0.465. The summed E-state index contributed by atoms with van der Waals surface area (Å²) >= 11 is 0. The maximum absolute atomic E-state index is 14.0. The monoisotopic (exact) mass is 969 g/mol. The Hall–Kier alpha value is -8.03. The average Bonchev–Trinajstić information content (AvgIpc) is 3.26. The number of amides is 9. The number of carbonyl (C=O) groups excluding carboxylic acids is 9. The van der Waals surface area contributed by atoms with E-state index in [9.17, 15) is 63.3 Å². The third-order valence-electron chi connectivity index (χ3n) is 10.1. The molecule has 0 fully saturated rings. The molecule has 2 aromatic carbocycles. The fourth-order valence-electron chi connectivity index (χ4n) is 6.32. The Morgan fingerprint density at radius 1 is 0.522 bits per heavy atom. The van der Waals surface area contributed by atoms with E-state index in [1.54, 1.807) is 13.8 Å². The van der Waals surface area contributed by atoms with Crippen molar-refractivity contribution in [3.63, 3.8) is 0 Å². The molecule has 0 aliphatic carbocycles. The molecule has 0 saturated heterocycles. The van der Waals surface area contributed by atoms with E-state index in [-0.39, 0.29) is 49.7 Å². The van der Waals surface area contributed by atoms with Gasteiger partial charge in [0.1, 0.15) is 53.8 Å². The highest BCUT2D eigenvalue weighted by Crippen LogP contribution is 2.14. The molecule has 9 amide bonds. The molecule has 0 aromatic heterocycles. The van der Waals surface area contributed by atoms with Crippen LogP contribution < -0.4 is 65.9 Å². The normalized spacial score (nSPS) is 14.3. The van der Waals surface area contributed by atoms with Crippen molar-refractivity contribution in [2.75, 3.05) is 6.54 Å². The van der Waals surface area contributed by atoms with Crippen molar-refractivity contribution in [1.82, 2.24) is 37.2 Å². The number of hydrogen-bond donors (Lipinski definition) is 15. The van der Waals surface area contributed by atoms with Gasteiger partial charge in [0.2, 0.25) is 53.2 Å². The van der Waals surface area contributed by atoms with E-state index >= 15 is 0 Å². The number of benzene rings is 2. The largest absolute Gasteiger partial charge is 0.508 e. The second kappa shape index (κ2) is 27.6. The minimum Gasteiger partial charge on any atom is -0.508 e. The highest BCUT2D eigenvalue weighted by Gasteiger charge is 2.34. The van der Waals surface area contributed by atoms with Crippen LogP contribution in [-0.4, -0.2) is 135 Å². The van der Waals surface area contributed by atoms with Gasteiger partial charge in [-0.05, 0) is 68.0 Å². The lowest BCUT2D eigenvalue weighted by Crippen LogP contribution is -2.60. The lowest BCUT2D eigenvalue weighted by atomic mass is 10.00. The molecule has 0 aliphatic heterocycles. The van der Waals surface area contributed by atoms with Crippen LogP contribution in [0.25, 0.3) is 0 Å². The predicted octanol–water partition coefficient (Wildman–Crippen LogP) is -4.81. The Balaban J connectivity index is 2.36. The lowest BCUT2D eigenvalue weighted by molar-refractivity contribution is -0.143. The molecule has 0 unspecified atom stereocenters. The van der Waals surface area contributed by atoms with E-state index in [0.29, 0.717) is 11.1 Å². The number of nitrogens with one attached hydrogen (secondary N) is 7. The van der Waals surface area contributed by atoms with Crippen LogP contribution in [0, 0.1) is 5.92 Å². The first-order valence-electron chi connectivity index (χ1n) is 21.6. The number of phenolic OH excluding ortho intramolecular Hbond substituents is 2. The molecular weight excluding hydrogens is 907 g/mol. The quantitative estimate of drug-likeness (QED) is 0.0216. The Bertz CT molecular complexity index is 2190. The molecule has 0 saturated carbocycles. The average molecular weight is 970 g/mol. The van der Waals surface area contributed by atoms with Crippen molar-refractivity contribution < 1.29 is 63.3 Å². The van der Waals surface area contributed by atoms with Crippen LogP contribution in [0.2, 0.25) is 0 Å². The first kappa shape index (κ1) is 57.1. The summed E-state index contributed by atoms with van der Waals surface area (Å²) in [6, 6.07) is -0.205. The number of aliphatic imine (C=N–C) groups is 1. The maximum atomic E-state index is 14.0. The van der Waals surface area contributed by atoms with Crippen molar-refractivity contribution in [3.05, 3.63) is 59.7 Å². The van der Waals surface area contributed by atoms with E-state index in [0.717, 1.165) is 0 Å². The van der Waals surface area contributed by atoms with Gasteiger partial charge in [-0.1, -0.05) is 38.1 Å². The summed E-state index contributed by atoms with van der Waals surface area (Å²) < 4.78 is 0. The summed E-state index contributed by atoms with van der Waals surface area (Å²) in [6.45, 7) is 5.75. The van der Waals surface area contributed by atoms with Gasteiger partial charge in [0.15, 0.2) is 5.96 Å². The van der Waals surface area contributed by atoms with Gasteiger partial charge in [-0.15, -0.1) is 0 Å². The van der Waals surface area contributed by atoms with Crippen molar-refractivity contribution in [2.24, 2.45) is 39.6 Å². The van der Waals surface area contributed by atoms with Gasteiger partial charge in [0.05, 0.1) is 18.9 Å². The topological polar surface area (TPSA) is 458 Å². The number of nitrogens with two attached hydrogens (primary N) is 5. The summed E-state index contributed by atoms with van der Waals surface area (Å²) in [5.74, 6) is -10.9. The number of carboxylic acids is 1. The Labute approximate surface area is 396 Å². The van der Waals surface area contributed by atoms with Crippen molar-refractivity contribution >= 4 is 65.1 Å². The number of primary amides is 2. The van der Waals surface area contributed by atoms with Crippen LogP contribution in [0.4, 0.5) is 0 Å². The smallest absolute Gasteiger partial charge is 0.326 e. The van der Waals surface area contributed by atoms with Crippen molar-refractivity contribution in [2.45, 2.75) is 115 Å². The number of aromatic hydroxyl groups is 2. The number of nitrogens with zero attached hydrogens (tertiary/aromatic N) is 1. The number of carbonyl (C=O) groups is 10. The molecule has 8 atom stereocenters. The molecule has 0 bridgehead atoms. The van der Waals surface area contributed by atoms with Crippen LogP contribution >= 0.6 is 0 Å². The van der Waals surface area contributed by atoms with Gasteiger partial charge in [0, 0.05) is 19.4 Å². The number of hydrogen-bond acceptors (Lipinski definition) is 14. The standard InChI is InChI=1S/C43H63N13O13/c1-20(2)34(56-40(66)30(17-24-9-13-26(58)14-10-24)54-35(61)21(3)50-37(63)27(44)18-32(45)59)41(67)51-22(4)36(62)53-29(16-23-7-11-25(57)12-8-23)39(65)52-28(6-5-15-49-43(47)48)38(64)55-31(42(68)69)19-33(46)60/h7-14,20-22,27-31,34,57-58H,5-6,15-19,44H2,1-4H3,(H2,45,59)(H2,46,60)(H,50,63)(H,51,67)(H,52,65)(H,53,62)(H,54,61)(H,55,64)(H,56,66)(H,68,69)(H4,47,48,49)/t21-,22-,27-,28-,29-,30-,31-,34-/m0/s1. The highest BCUT2D eigenvalue weighted by atomic mass is 16.4. The summed E-state index contributed by atoms with van der Waals surface area (Å²) in [5, 5.41) is 46.4. The number of aliphatic carboxylic acids is 1. The zero-order valence-electron chi connectivity index (χ0n) is 38.5. The molecule has 0 aliphatic rings. The second-order valence-corrected chi connectivity index (χ2v) is 16.4. The van der Waals surface area contributed by atoms with Gasteiger partial charge in [-0.25, -0.2) is 4.79 Å². The molecule has 69 heavy (non-hydrogen) atoms. The number of phenols is 2. The van der Waals surface area contributed by atoms with E-state index in [1.807, 2.05) is 0 Å². The first-order chi connectivity index (χ1) is 32.3. The van der Waals surface area contributed by atoms with E-state index < -0.39 is 126 Å². The Morgan fingerprint density at radius 3 is 1.35 bits per heavy atom. The van der Waals surface area contributed by atoms with Crippen LogP contribution in [0.1, 0.15) is 64.5 Å². The van der Waals surface area contributed by atoms with Crippen LogP contribution in [-0.2, 0) is 60.8 Å². The van der Waals surface area contributed by atoms with Gasteiger partial charge in [-0.2, -0.15) is 0 Å². The third kappa shape index (κ3) is 20.6. The highest BCUT2D eigenvalue weighted by molar-refractivity contribution is 5.98. The van der Waals surface area contributed by atoms with Crippen LogP contribution in [0.15, 0.2) is 53.5 Å². The molecular formula is C43H63N13O13. The van der Waals surface area contributed by atoms with Crippen molar-refractivity contribution in [1.29, 1.82) is 0 Å². The molecule has 0 spiro atoms. The Kier molecular flexibility index (Phi) is 22.8. The molecule has 2 aromatic rings. The minimum atomic E-state index is -1.75. The summed E-state index contributed by atoms with van der Waals surface area (Å²) in [4.78, 5) is 133. The van der Waals surface area contributed by atoms with Crippen molar-refractivity contribution in [3.8, 4) is 11.5 Å². The maximum Gasteiger partial charge on any atom is 0.326 e. The van der Waals surface area contributed by atoms with Gasteiger partial charge < -0.3 is 81.2 Å². The van der Waals surface area contributed by atoms with Crippen LogP contribution in [0.3, 0.4) is 0 Å². The van der Waals surface area contributed by atoms with Crippen LogP contribution in [0.5, 0.6) is 11.5 Å². The first-order valence-corrected chi connectivity index (χ1v) is 21.6. The Morgan fingerprint density at radius 2 is 0.928 bits per heavy atom. The van der Waals surface area contributed by atoms with Gasteiger partial charge in [0.25, 0.3) is 0 Å². The molecule has 20 N–H and O–H groups in total. The fourth-order valence-corrected chi connectivity index (χ4v) is 6.32. The number of carboxylic acid groups (broad SMARTS) is 1. The third-order valence-corrected chi connectivity index (χ3v) is 10.1. The SMILES string of the molecule is CC(C)[C@H](NC(=O)[C@H](Cc1ccc(O)cc1)NC(=O)[C@H](C)NC(=O)[C@@H](N)CC(N)=O)C(=O)N[C@@H](C)C(=O)N[C@@H](Cc1ccc(O)cc1)C(=O)N[C@@H](CCCN=C(N)N)C(=O)N[C@@H](CC(N)=O)C(=O)O. The minimum absolute atomic E-state index is 0.00269. The molecule has 0 radical (unpaired) electrons. The van der Waals surface area contributed by atoms with Gasteiger partial charge >= 0.3 is 5.97 Å². The zero-order valence-corrected chi connectivity index (χ0v) is 38.5. The molecule has 378 valence electrons. The number of guanidine groups is 1. The van der Waals surface area contributed by atoms with Gasteiger partial charge in [-0.3, -0.25) is 48.1 Å². The summed E-state index contributed by atoms with van der Waals surface area (Å²) in [7, 11) is 0. The number of rotatable bonds is 28. The van der Waals surface area contributed by atoms with E-state index in [1.165, 1.54) is 62.4 Å². The molecule has 2 rings (SSSR count).